The predicted octanol–water partition coefficient (Wildman–Crippen LogP) is 2.89. The third-order valence-electron chi connectivity index (χ3n) is 4.95. The van der Waals surface area contributed by atoms with Gasteiger partial charge >= 0.3 is 5.97 Å². The van der Waals surface area contributed by atoms with Crippen LogP contribution in [0.15, 0.2) is 16.6 Å². The number of hydrogen-bond acceptors (Lipinski definition) is 5. The molecule has 1 N–H and O–H groups in total. The van der Waals surface area contributed by atoms with E-state index in [1.165, 1.54) is 4.90 Å². The molecular formula is C21H29BrN2O5. The zero-order chi connectivity index (χ0) is 21.7. The maximum atomic E-state index is 13.1. The Morgan fingerprint density at radius 1 is 1.28 bits per heavy atom. The molecule has 2 amide bonds. The van der Waals surface area contributed by atoms with Crippen LogP contribution in [0.4, 0.5) is 0 Å². The molecule has 1 aromatic rings. The average molecular weight is 469 g/mol. The number of aryl methyl sites for hydroxylation is 2. The van der Waals surface area contributed by atoms with Crippen LogP contribution in [0.5, 0.6) is 5.75 Å². The van der Waals surface area contributed by atoms with Crippen LogP contribution in [0.2, 0.25) is 0 Å². The first-order valence-electron chi connectivity index (χ1n) is 9.85. The van der Waals surface area contributed by atoms with Crippen molar-refractivity contribution in [1.82, 2.24) is 10.2 Å². The molecule has 8 heteroatoms. The number of carbonyl (C=O) groups is 3. The van der Waals surface area contributed by atoms with Gasteiger partial charge in [-0.2, -0.15) is 0 Å². The number of rotatable bonds is 7. The molecule has 1 saturated heterocycles. The number of amides is 2. The highest BCUT2D eigenvalue weighted by Crippen LogP contribution is 2.28. The highest BCUT2D eigenvalue weighted by atomic mass is 79.9. The smallest absolute Gasteiger partial charge is 0.308 e. The second-order valence-electron chi connectivity index (χ2n) is 7.38. The van der Waals surface area contributed by atoms with E-state index < -0.39 is 18.1 Å². The summed E-state index contributed by atoms with van der Waals surface area (Å²) in [5.41, 5.74) is 1.81. The lowest BCUT2D eigenvalue weighted by molar-refractivity contribution is -0.156. The first-order valence-corrected chi connectivity index (χ1v) is 10.6. The molecule has 0 aliphatic carbocycles. The normalized spacial score (nSPS) is 18.6. The molecule has 0 saturated carbocycles. The van der Waals surface area contributed by atoms with Crippen LogP contribution in [0.3, 0.4) is 0 Å². The molecule has 29 heavy (non-hydrogen) atoms. The summed E-state index contributed by atoms with van der Waals surface area (Å²) in [7, 11) is 0. The molecule has 1 fully saturated rings. The predicted molar refractivity (Wildman–Crippen MR) is 113 cm³/mol. The second-order valence-corrected chi connectivity index (χ2v) is 8.30. The largest absolute Gasteiger partial charge is 0.480 e. The molecule has 1 aliphatic heterocycles. The van der Waals surface area contributed by atoms with Crippen molar-refractivity contribution >= 4 is 33.7 Å². The van der Waals surface area contributed by atoms with Gasteiger partial charge in [0.25, 0.3) is 5.91 Å². The molecule has 7 nitrogen and oxygen atoms in total. The number of esters is 1. The van der Waals surface area contributed by atoms with Gasteiger partial charge in [-0.3, -0.25) is 14.4 Å². The maximum absolute atomic E-state index is 13.1. The molecule has 3 atom stereocenters. The minimum atomic E-state index is -0.897. The molecule has 3 unspecified atom stereocenters. The van der Waals surface area contributed by atoms with E-state index in [4.69, 9.17) is 9.47 Å². The molecule has 1 heterocycles. The Hall–Kier alpha value is -2.09. The summed E-state index contributed by atoms with van der Waals surface area (Å²) in [4.78, 5) is 39.1. The monoisotopic (exact) mass is 468 g/mol. The van der Waals surface area contributed by atoms with Crippen LogP contribution >= 0.6 is 15.9 Å². The number of piperazine rings is 1. The van der Waals surface area contributed by atoms with E-state index in [1.54, 1.807) is 13.8 Å². The summed E-state index contributed by atoms with van der Waals surface area (Å²) in [6.45, 7) is 9.83. The van der Waals surface area contributed by atoms with Crippen molar-refractivity contribution in [3.8, 4) is 5.75 Å². The minimum Gasteiger partial charge on any atom is -0.480 e. The van der Waals surface area contributed by atoms with Gasteiger partial charge in [0.05, 0.1) is 12.5 Å². The van der Waals surface area contributed by atoms with Crippen LogP contribution in [0.1, 0.15) is 44.7 Å². The number of nitrogens with one attached hydrogen (secondary N) is 1. The number of nitrogens with zero attached hydrogens (tertiary/aromatic N) is 1. The average Bonchev–Trinajstić information content (AvgIpc) is 2.65. The highest BCUT2D eigenvalue weighted by Gasteiger charge is 2.37. The Balaban J connectivity index is 2.13. The Bertz CT molecular complexity index is 759. The van der Waals surface area contributed by atoms with E-state index in [2.05, 4.69) is 21.2 Å². The molecule has 0 bridgehead atoms. The van der Waals surface area contributed by atoms with Gasteiger partial charge in [-0.25, -0.2) is 0 Å². The molecule has 160 valence electrons. The SMILES string of the molecule is CCC(C)OC(=O)CC1C(=O)NCCN1C(=O)C(C)Oc1c(C)cc(Br)cc1C. The van der Waals surface area contributed by atoms with Gasteiger partial charge < -0.3 is 19.7 Å². The lowest BCUT2D eigenvalue weighted by atomic mass is 10.1. The summed E-state index contributed by atoms with van der Waals surface area (Å²) in [6, 6.07) is 2.94. The fourth-order valence-corrected chi connectivity index (χ4v) is 3.93. The van der Waals surface area contributed by atoms with E-state index in [-0.39, 0.29) is 24.3 Å². The van der Waals surface area contributed by atoms with Gasteiger partial charge in [0, 0.05) is 17.6 Å². The molecule has 2 rings (SSSR count). The molecule has 0 aromatic heterocycles. The third-order valence-corrected chi connectivity index (χ3v) is 5.41. The lowest BCUT2D eigenvalue weighted by Crippen LogP contribution is -2.60. The quantitative estimate of drug-likeness (QED) is 0.621. The van der Waals surface area contributed by atoms with Crippen molar-refractivity contribution in [2.24, 2.45) is 0 Å². The van der Waals surface area contributed by atoms with Crippen molar-refractivity contribution < 1.29 is 23.9 Å². The molecule has 1 aliphatic rings. The fourth-order valence-electron chi connectivity index (χ4n) is 3.24. The zero-order valence-electron chi connectivity index (χ0n) is 17.6. The van der Waals surface area contributed by atoms with E-state index in [0.717, 1.165) is 15.6 Å². The molecule has 1 aromatic carbocycles. The summed E-state index contributed by atoms with van der Waals surface area (Å²) < 4.78 is 12.2. The Labute approximate surface area is 180 Å². The van der Waals surface area contributed by atoms with Gasteiger partial charge in [-0.15, -0.1) is 0 Å². The van der Waals surface area contributed by atoms with E-state index in [1.807, 2.05) is 32.9 Å². The van der Waals surface area contributed by atoms with Crippen LogP contribution in [0, 0.1) is 13.8 Å². The van der Waals surface area contributed by atoms with Crippen LogP contribution in [0.25, 0.3) is 0 Å². The summed E-state index contributed by atoms with van der Waals surface area (Å²) in [6.07, 6.45) is -0.524. The van der Waals surface area contributed by atoms with Gasteiger partial charge in [-0.05, 0) is 57.4 Å². The molecule has 0 radical (unpaired) electrons. The van der Waals surface area contributed by atoms with Crippen molar-refractivity contribution in [2.75, 3.05) is 13.1 Å². The highest BCUT2D eigenvalue weighted by molar-refractivity contribution is 9.10. The first kappa shape index (κ1) is 23.2. The topological polar surface area (TPSA) is 84.9 Å². The van der Waals surface area contributed by atoms with Gasteiger partial charge in [0.1, 0.15) is 11.8 Å². The Kier molecular flexibility index (Phi) is 8.07. The van der Waals surface area contributed by atoms with Crippen LogP contribution in [-0.4, -0.2) is 54.0 Å². The van der Waals surface area contributed by atoms with Crippen molar-refractivity contribution in [2.45, 2.75) is 65.7 Å². The Morgan fingerprint density at radius 2 is 1.90 bits per heavy atom. The minimum absolute atomic E-state index is 0.176. The molecule has 0 spiro atoms. The first-order chi connectivity index (χ1) is 13.6. The van der Waals surface area contributed by atoms with Gasteiger partial charge in [0.2, 0.25) is 5.91 Å². The van der Waals surface area contributed by atoms with Crippen LogP contribution < -0.4 is 10.1 Å². The maximum Gasteiger partial charge on any atom is 0.308 e. The third kappa shape index (κ3) is 5.95. The standard InChI is InChI=1S/C21H29BrN2O5/c1-6-14(4)28-18(25)11-17-20(26)23-7-8-24(17)21(27)15(5)29-19-12(2)9-16(22)10-13(19)3/h9-10,14-15,17H,6-8,11H2,1-5H3,(H,23,26). The Morgan fingerprint density at radius 3 is 2.48 bits per heavy atom. The number of benzene rings is 1. The van der Waals surface area contributed by atoms with Crippen LogP contribution in [-0.2, 0) is 19.1 Å². The second kappa shape index (κ2) is 10.1. The van der Waals surface area contributed by atoms with Crippen molar-refractivity contribution in [3.05, 3.63) is 27.7 Å². The van der Waals surface area contributed by atoms with E-state index in [0.29, 0.717) is 25.3 Å². The summed E-state index contributed by atoms with van der Waals surface area (Å²) in [5.74, 6) is -0.535. The van der Waals surface area contributed by atoms with Crippen molar-refractivity contribution in [1.29, 1.82) is 0 Å². The summed E-state index contributed by atoms with van der Waals surface area (Å²) in [5, 5.41) is 2.72. The van der Waals surface area contributed by atoms with E-state index in [9.17, 15) is 14.4 Å². The number of hydrogen-bond donors (Lipinski definition) is 1. The number of carbonyl (C=O) groups excluding carboxylic acids is 3. The fraction of sp³-hybridized carbons (Fsp3) is 0.571. The molecular weight excluding hydrogens is 440 g/mol. The van der Waals surface area contributed by atoms with Crippen molar-refractivity contribution in [3.63, 3.8) is 0 Å². The number of ether oxygens (including phenoxy) is 2. The zero-order valence-corrected chi connectivity index (χ0v) is 19.2. The van der Waals surface area contributed by atoms with Gasteiger partial charge in [0.15, 0.2) is 6.10 Å². The van der Waals surface area contributed by atoms with Gasteiger partial charge in [-0.1, -0.05) is 22.9 Å². The van der Waals surface area contributed by atoms with E-state index >= 15 is 0 Å². The lowest BCUT2D eigenvalue weighted by Gasteiger charge is -2.36. The number of halogens is 1. The summed E-state index contributed by atoms with van der Waals surface area (Å²) >= 11 is 3.45.